The lowest BCUT2D eigenvalue weighted by atomic mass is 10.1. The molecule has 0 radical (unpaired) electrons. The highest BCUT2D eigenvalue weighted by Crippen LogP contribution is 2.31. The molecule has 2 heterocycles. The Bertz CT molecular complexity index is 1020. The zero-order valence-corrected chi connectivity index (χ0v) is 16.7. The Morgan fingerprint density at radius 1 is 1.14 bits per heavy atom. The number of likely N-dealkylation sites (N-methyl/N-ethyl adjacent to an activating group) is 1. The van der Waals surface area contributed by atoms with Crippen molar-refractivity contribution in [1.29, 1.82) is 0 Å². The molecule has 0 fully saturated rings. The lowest BCUT2D eigenvalue weighted by molar-refractivity contribution is -0.151. The Kier molecular flexibility index (Phi) is 5.62. The average molecular weight is 412 g/mol. The van der Waals surface area contributed by atoms with Crippen LogP contribution in [0, 0.1) is 0 Å². The van der Waals surface area contributed by atoms with Gasteiger partial charge in [0.25, 0.3) is 5.91 Å². The highest BCUT2D eigenvalue weighted by molar-refractivity contribution is 7.18. The lowest BCUT2D eigenvalue weighted by Gasteiger charge is -2.19. The van der Waals surface area contributed by atoms with Gasteiger partial charge in [-0.1, -0.05) is 18.2 Å². The van der Waals surface area contributed by atoms with Crippen molar-refractivity contribution in [3.05, 3.63) is 53.0 Å². The van der Waals surface area contributed by atoms with E-state index in [2.05, 4.69) is 4.98 Å². The molecule has 1 amide bonds. The van der Waals surface area contributed by atoms with E-state index in [9.17, 15) is 9.59 Å². The molecule has 0 saturated heterocycles. The number of hydrogen-bond donors (Lipinski definition) is 0. The first-order valence-electron chi connectivity index (χ1n) is 9.21. The molecule has 3 aromatic rings. The molecule has 0 saturated carbocycles. The molecule has 4 rings (SSSR count). The molecule has 0 N–H and O–H groups in total. The molecule has 0 aliphatic carbocycles. The maximum absolute atomic E-state index is 12.3. The number of amides is 1. The van der Waals surface area contributed by atoms with Crippen LogP contribution >= 0.6 is 11.3 Å². The number of para-hydroxylation sites is 1. The summed E-state index contributed by atoms with van der Waals surface area (Å²) >= 11 is 1.55. The number of ether oxygens (including phenoxy) is 3. The van der Waals surface area contributed by atoms with Gasteiger partial charge in [0.15, 0.2) is 18.1 Å². The van der Waals surface area contributed by atoms with E-state index in [1.165, 1.54) is 4.90 Å². The summed E-state index contributed by atoms with van der Waals surface area (Å²) in [7, 11) is 1.67. The van der Waals surface area contributed by atoms with Gasteiger partial charge >= 0.3 is 5.97 Å². The van der Waals surface area contributed by atoms with Crippen LogP contribution in [-0.2, 0) is 27.3 Å². The SMILES string of the molecule is CN(Cc1nc2ccccc2s1)C(=O)COC(=O)Cc1ccc2c(c1)OCCO2. The van der Waals surface area contributed by atoms with Gasteiger partial charge in [0, 0.05) is 7.05 Å². The van der Waals surface area contributed by atoms with Crippen LogP contribution in [-0.4, -0.2) is 48.6 Å². The number of fused-ring (bicyclic) bond motifs is 2. The molecule has 150 valence electrons. The van der Waals surface area contributed by atoms with Crippen LogP contribution in [0.2, 0.25) is 0 Å². The third-order valence-electron chi connectivity index (χ3n) is 4.45. The summed E-state index contributed by atoms with van der Waals surface area (Å²) in [5.74, 6) is 0.538. The molecule has 0 unspecified atom stereocenters. The molecule has 29 heavy (non-hydrogen) atoms. The van der Waals surface area contributed by atoms with Crippen molar-refractivity contribution in [3.8, 4) is 11.5 Å². The third kappa shape index (κ3) is 4.65. The molecule has 7 nitrogen and oxygen atoms in total. The number of hydrogen-bond acceptors (Lipinski definition) is 7. The van der Waals surface area contributed by atoms with Crippen molar-refractivity contribution in [2.45, 2.75) is 13.0 Å². The minimum absolute atomic E-state index is 0.0610. The Labute approximate surface area is 171 Å². The highest BCUT2D eigenvalue weighted by Gasteiger charge is 2.16. The van der Waals surface area contributed by atoms with Gasteiger partial charge in [-0.3, -0.25) is 9.59 Å². The van der Waals surface area contributed by atoms with E-state index in [1.807, 2.05) is 24.3 Å². The fraction of sp³-hybridized carbons (Fsp3) is 0.286. The first-order chi connectivity index (χ1) is 14.1. The molecule has 0 bridgehead atoms. The molecule has 1 aliphatic heterocycles. The van der Waals surface area contributed by atoms with E-state index in [0.29, 0.717) is 31.3 Å². The zero-order chi connectivity index (χ0) is 20.2. The fourth-order valence-corrected chi connectivity index (χ4v) is 3.97. The molecular weight excluding hydrogens is 392 g/mol. The van der Waals surface area contributed by atoms with E-state index >= 15 is 0 Å². The normalized spacial score (nSPS) is 12.6. The second-order valence-corrected chi connectivity index (χ2v) is 7.76. The smallest absolute Gasteiger partial charge is 0.310 e. The Hall–Kier alpha value is -3.13. The van der Waals surface area contributed by atoms with Crippen molar-refractivity contribution in [1.82, 2.24) is 9.88 Å². The predicted molar refractivity (Wildman–Crippen MR) is 108 cm³/mol. The van der Waals surface area contributed by atoms with E-state index < -0.39 is 5.97 Å². The monoisotopic (exact) mass is 412 g/mol. The number of carbonyl (C=O) groups is 2. The predicted octanol–water partition coefficient (Wildman–Crippen LogP) is 2.81. The molecule has 8 heteroatoms. The van der Waals surface area contributed by atoms with Crippen LogP contribution in [0.15, 0.2) is 42.5 Å². The highest BCUT2D eigenvalue weighted by atomic mass is 32.1. The minimum atomic E-state index is -0.469. The minimum Gasteiger partial charge on any atom is -0.486 e. The summed E-state index contributed by atoms with van der Waals surface area (Å²) in [6, 6.07) is 13.2. The number of esters is 1. The Morgan fingerprint density at radius 3 is 2.76 bits per heavy atom. The largest absolute Gasteiger partial charge is 0.486 e. The number of aromatic nitrogens is 1. The first kappa shape index (κ1) is 19.2. The number of carbonyl (C=O) groups excluding carboxylic acids is 2. The Morgan fingerprint density at radius 2 is 1.93 bits per heavy atom. The first-order valence-corrected chi connectivity index (χ1v) is 10.0. The van der Waals surface area contributed by atoms with Crippen molar-refractivity contribution in [2.75, 3.05) is 26.9 Å². The summed E-state index contributed by atoms with van der Waals surface area (Å²) in [5, 5.41) is 0.838. The number of benzene rings is 2. The van der Waals surface area contributed by atoms with E-state index in [-0.39, 0.29) is 18.9 Å². The van der Waals surface area contributed by atoms with Gasteiger partial charge in [-0.15, -0.1) is 11.3 Å². The second kappa shape index (κ2) is 8.48. The van der Waals surface area contributed by atoms with Crippen LogP contribution < -0.4 is 9.47 Å². The average Bonchev–Trinajstić information content (AvgIpc) is 3.14. The van der Waals surface area contributed by atoms with Crippen LogP contribution in [0.3, 0.4) is 0 Å². The summed E-state index contributed by atoms with van der Waals surface area (Å²) < 4.78 is 17.2. The standard InChI is InChI=1S/C21H20N2O5S/c1-23(12-19-22-15-4-2-3-5-18(15)29-19)20(24)13-28-21(25)11-14-6-7-16-17(10-14)27-9-8-26-16/h2-7,10H,8-9,11-13H2,1H3. The van der Waals surface area contributed by atoms with Crippen molar-refractivity contribution >= 4 is 33.4 Å². The van der Waals surface area contributed by atoms with Gasteiger partial charge in [-0.2, -0.15) is 0 Å². The summed E-state index contributed by atoms with van der Waals surface area (Å²) in [4.78, 5) is 30.4. The molecule has 1 aromatic heterocycles. The molecular formula is C21H20N2O5S. The summed E-state index contributed by atoms with van der Waals surface area (Å²) in [6.45, 7) is 1.07. The summed E-state index contributed by atoms with van der Waals surface area (Å²) in [6.07, 6.45) is 0.0610. The van der Waals surface area contributed by atoms with Crippen LogP contribution in [0.5, 0.6) is 11.5 Å². The van der Waals surface area contributed by atoms with Crippen LogP contribution in [0.25, 0.3) is 10.2 Å². The Balaban J connectivity index is 1.27. The maximum Gasteiger partial charge on any atom is 0.310 e. The van der Waals surface area contributed by atoms with Crippen LogP contribution in [0.4, 0.5) is 0 Å². The lowest BCUT2D eigenvalue weighted by Crippen LogP contribution is -2.31. The second-order valence-electron chi connectivity index (χ2n) is 6.64. The quantitative estimate of drug-likeness (QED) is 0.580. The fourth-order valence-electron chi connectivity index (χ4n) is 2.95. The number of rotatable bonds is 6. The van der Waals surface area contributed by atoms with Gasteiger partial charge < -0.3 is 19.1 Å². The third-order valence-corrected chi connectivity index (χ3v) is 5.47. The zero-order valence-electron chi connectivity index (χ0n) is 15.9. The maximum atomic E-state index is 12.3. The van der Waals surface area contributed by atoms with Crippen LogP contribution in [0.1, 0.15) is 10.6 Å². The number of nitrogens with zero attached hydrogens (tertiary/aromatic N) is 2. The topological polar surface area (TPSA) is 78.0 Å². The molecule has 0 spiro atoms. The van der Waals surface area contributed by atoms with Crippen molar-refractivity contribution < 1.29 is 23.8 Å². The molecule has 0 atom stereocenters. The summed E-state index contributed by atoms with van der Waals surface area (Å²) in [5.41, 5.74) is 1.66. The van der Waals surface area contributed by atoms with Gasteiger partial charge in [0.05, 0.1) is 23.2 Å². The van der Waals surface area contributed by atoms with Gasteiger partial charge in [-0.05, 0) is 29.8 Å². The van der Waals surface area contributed by atoms with Crippen molar-refractivity contribution in [2.24, 2.45) is 0 Å². The number of thiazole rings is 1. The van der Waals surface area contributed by atoms with E-state index in [0.717, 1.165) is 20.8 Å². The molecule has 2 aromatic carbocycles. The van der Waals surface area contributed by atoms with Gasteiger partial charge in [-0.25, -0.2) is 4.98 Å². The van der Waals surface area contributed by atoms with Gasteiger partial charge in [0.2, 0.25) is 0 Å². The van der Waals surface area contributed by atoms with E-state index in [1.54, 1.807) is 36.6 Å². The molecule has 1 aliphatic rings. The van der Waals surface area contributed by atoms with Gasteiger partial charge in [0.1, 0.15) is 18.2 Å². The van der Waals surface area contributed by atoms with E-state index in [4.69, 9.17) is 14.2 Å². The van der Waals surface area contributed by atoms with Crippen molar-refractivity contribution in [3.63, 3.8) is 0 Å².